The third-order valence-electron chi connectivity index (χ3n) is 2.34. The van der Waals surface area contributed by atoms with Gasteiger partial charge in [-0.05, 0) is 53.1 Å². The Morgan fingerprint density at radius 2 is 2.17 bits per heavy atom. The molecule has 0 saturated heterocycles. The molecule has 0 aromatic carbocycles. The zero-order valence-corrected chi connectivity index (χ0v) is 10.8. The van der Waals surface area contributed by atoms with E-state index in [0.717, 1.165) is 11.1 Å². The number of carbonyl (C=O) groups is 1. The number of esters is 1. The van der Waals surface area contributed by atoms with Crippen molar-refractivity contribution in [1.29, 1.82) is 0 Å². The third-order valence-corrected chi connectivity index (χ3v) is 3.04. The molecule has 2 aromatic rings. The van der Waals surface area contributed by atoms with Gasteiger partial charge in [0.15, 0.2) is 0 Å². The van der Waals surface area contributed by atoms with Gasteiger partial charge in [0.1, 0.15) is 0 Å². The highest BCUT2D eigenvalue weighted by Gasteiger charge is 2.13. The van der Waals surface area contributed by atoms with Crippen molar-refractivity contribution in [2.45, 2.75) is 6.92 Å². The Bertz CT molecular complexity index is 532. The highest BCUT2D eigenvalue weighted by Crippen LogP contribution is 2.20. The topological polar surface area (TPSA) is 39.2 Å². The molecule has 2 rings (SSSR count). The van der Waals surface area contributed by atoms with Gasteiger partial charge in [-0.2, -0.15) is 11.3 Å². The zero-order valence-electron chi connectivity index (χ0n) is 10.00. The largest absolute Gasteiger partial charge is 0.462 e. The molecule has 3 nitrogen and oxygen atoms in total. The summed E-state index contributed by atoms with van der Waals surface area (Å²) in [5.41, 5.74) is 2.37. The standard InChI is InChI=1S/C14H13NO2S/c1-2-17-14(16)13(9-11-5-8-18-10-11)12-3-6-15-7-4-12/h3-10H,2H2,1H3. The van der Waals surface area contributed by atoms with Crippen LogP contribution in [-0.2, 0) is 9.53 Å². The first-order chi connectivity index (χ1) is 8.81. The first kappa shape index (κ1) is 12.5. The molecule has 0 amide bonds. The fourth-order valence-corrected chi connectivity index (χ4v) is 2.14. The van der Waals surface area contributed by atoms with Crippen molar-refractivity contribution < 1.29 is 9.53 Å². The van der Waals surface area contributed by atoms with Crippen LogP contribution in [-0.4, -0.2) is 17.6 Å². The molecule has 0 atom stereocenters. The van der Waals surface area contributed by atoms with Gasteiger partial charge in [0, 0.05) is 12.4 Å². The Labute approximate surface area is 110 Å². The molecule has 0 unspecified atom stereocenters. The van der Waals surface area contributed by atoms with Gasteiger partial charge in [-0.15, -0.1) is 0 Å². The van der Waals surface area contributed by atoms with E-state index >= 15 is 0 Å². The number of thiophene rings is 1. The van der Waals surface area contributed by atoms with E-state index in [0.29, 0.717) is 12.2 Å². The van der Waals surface area contributed by atoms with Gasteiger partial charge in [0.05, 0.1) is 12.2 Å². The normalized spacial score (nSPS) is 11.3. The van der Waals surface area contributed by atoms with Crippen molar-refractivity contribution in [3.05, 3.63) is 52.5 Å². The van der Waals surface area contributed by atoms with Gasteiger partial charge < -0.3 is 4.74 Å². The second-order valence-electron chi connectivity index (χ2n) is 3.57. The maximum atomic E-state index is 12.0. The van der Waals surface area contributed by atoms with E-state index in [9.17, 15) is 4.79 Å². The monoisotopic (exact) mass is 259 g/mol. The lowest BCUT2D eigenvalue weighted by Gasteiger charge is -2.06. The van der Waals surface area contributed by atoms with Crippen LogP contribution in [0.4, 0.5) is 0 Å². The molecule has 0 radical (unpaired) electrons. The summed E-state index contributed by atoms with van der Waals surface area (Å²) in [6.07, 6.45) is 5.16. The van der Waals surface area contributed by atoms with Gasteiger partial charge in [-0.3, -0.25) is 4.98 Å². The number of aromatic nitrogens is 1. The van der Waals surface area contributed by atoms with Gasteiger partial charge in [-0.25, -0.2) is 4.79 Å². The Morgan fingerprint density at radius 3 is 2.78 bits per heavy atom. The van der Waals surface area contributed by atoms with E-state index in [-0.39, 0.29) is 5.97 Å². The van der Waals surface area contributed by atoms with Crippen molar-refractivity contribution in [3.63, 3.8) is 0 Å². The number of nitrogens with zero attached hydrogens (tertiary/aromatic N) is 1. The SMILES string of the molecule is CCOC(=O)C(=Cc1ccsc1)c1ccncc1. The van der Waals surface area contributed by atoms with E-state index < -0.39 is 0 Å². The minimum Gasteiger partial charge on any atom is -0.462 e. The minimum absolute atomic E-state index is 0.310. The molecule has 0 bridgehead atoms. The summed E-state index contributed by atoms with van der Waals surface area (Å²) in [6.45, 7) is 2.16. The molecule has 0 saturated carbocycles. The van der Waals surface area contributed by atoms with Crippen molar-refractivity contribution in [2.24, 2.45) is 0 Å². The summed E-state index contributed by atoms with van der Waals surface area (Å²) < 4.78 is 5.08. The fourth-order valence-electron chi connectivity index (χ4n) is 1.52. The molecule has 0 N–H and O–H groups in total. The predicted molar refractivity (Wildman–Crippen MR) is 73.1 cm³/mol. The highest BCUT2D eigenvalue weighted by atomic mass is 32.1. The molecule has 0 aliphatic carbocycles. The summed E-state index contributed by atoms with van der Waals surface area (Å²) in [5.74, 6) is -0.310. The Kier molecular flexibility index (Phi) is 4.25. The van der Waals surface area contributed by atoms with Crippen molar-refractivity contribution in [3.8, 4) is 0 Å². The molecule has 2 aromatic heterocycles. The van der Waals surface area contributed by atoms with Crippen LogP contribution in [0.15, 0.2) is 41.4 Å². The molecule has 0 aliphatic rings. The lowest BCUT2D eigenvalue weighted by molar-refractivity contribution is -0.136. The highest BCUT2D eigenvalue weighted by molar-refractivity contribution is 7.08. The Morgan fingerprint density at radius 1 is 1.39 bits per heavy atom. The molecule has 0 fully saturated rings. The fraction of sp³-hybridized carbons (Fsp3) is 0.143. The smallest absolute Gasteiger partial charge is 0.338 e. The van der Waals surface area contributed by atoms with Crippen molar-refractivity contribution in [2.75, 3.05) is 6.61 Å². The first-order valence-electron chi connectivity index (χ1n) is 5.62. The number of pyridine rings is 1. The van der Waals surface area contributed by atoms with Gasteiger partial charge in [0.25, 0.3) is 0 Å². The van der Waals surface area contributed by atoms with E-state index in [1.165, 1.54) is 0 Å². The van der Waals surface area contributed by atoms with Crippen LogP contribution >= 0.6 is 11.3 Å². The van der Waals surface area contributed by atoms with Crippen LogP contribution in [0, 0.1) is 0 Å². The molecule has 4 heteroatoms. The van der Waals surface area contributed by atoms with Crippen LogP contribution in [0.1, 0.15) is 18.1 Å². The van der Waals surface area contributed by atoms with E-state index in [2.05, 4.69) is 4.98 Å². The van der Waals surface area contributed by atoms with Crippen LogP contribution in [0.25, 0.3) is 11.6 Å². The van der Waals surface area contributed by atoms with Crippen molar-refractivity contribution >= 4 is 29.0 Å². The average Bonchev–Trinajstić information content (AvgIpc) is 2.90. The predicted octanol–water partition coefficient (Wildman–Crippen LogP) is 3.25. The van der Waals surface area contributed by atoms with E-state index in [4.69, 9.17) is 4.74 Å². The lowest BCUT2D eigenvalue weighted by atomic mass is 10.1. The number of ether oxygens (including phenoxy) is 1. The molecule has 0 aliphatic heterocycles. The van der Waals surface area contributed by atoms with Gasteiger partial charge in [-0.1, -0.05) is 0 Å². The molecular formula is C14H13NO2S. The summed E-state index contributed by atoms with van der Waals surface area (Å²) in [7, 11) is 0. The van der Waals surface area contributed by atoms with Crippen LogP contribution in [0.5, 0.6) is 0 Å². The number of carbonyl (C=O) groups excluding carboxylic acids is 1. The van der Waals surface area contributed by atoms with Crippen molar-refractivity contribution in [1.82, 2.24) is 4.98 Å². The Balaban J connectivity index is 2.38. The van der Waals surface area contributed by atoms with Gasteiger partial charge >= 0.3 is 5.97 Å². The maximum absolute atomic E-state index is 12.0. The zero-order chi connectivity index (χ0) is 12.8. The summed E-state index contributed by atoms with van der Waals surface area (Å²) >= 11 is 1.59. The second-order valence-corrected chi connectivity index (χ2v) is 4.35. The van der Waals surface area contributed by atoms with Gasteiger partial charge in [0.2, 0.25) is 0 Å². The number of rotatable bonds is 4. The molecule has 18 heavy (non-hydrogen) atoms. The number of hydrogen-bond donors (Lipinski definition) is 0. The maximum Gasteiger partial charge on any atom is 0.338 e. The lowest BCUT2D eigenvalue weighted by Crippen LogP contribution is -2.06. The summed E-state index contributed by atoms with van der Waals surface area (Å²) in [4.78, 5) is 15.9. The number of hydrogen-bond acceptors (Lipinski definition) is 4. The third kappa shape index (κ3) is 3.05. The molecular weight excluding hydrogens is 246 g/mol. The minimum atomic E-state index is -0.310. The van der Waals surface area contributed by atoms with Crippen LogP contribution < -0.4 is 0 Å². The van der Waals surface area contributed by atoms with E-state index in [1.807, 2.05) is 22.9 Å². The molecule has 2 heterocycles. The molecule has 92 valence electrons. The van der Waals surface area contributed by atoms with Crippen LogP contribution in [0.2, 0.25) is 0 Å². The summed E-state index contributed by atoms with van der Waals surface area (Å²) in [5, 5.41) is 3.96. The molecule has 0 spiro atoms. The summed E-state index contributed by atoms with van der Waals surface area (Å²) in [6, 6.07) is 5.56. The quantitative estimate of drug-likeness (QED) is 0.625. The Hall–Kier alpha value is -1.94. The van der Waals surface area contributed by atoms with E-state index in [1.54, 1.807) is 42.8 Å². The van der Waals surface area contributed by atoms with Crippen LogP contribution in [0.3, 0.4) is 0 Å². The average molecular weight is 259 g/mol. The second kappa shape index (κ2) is 6.12. The first-order valence-corrected chi connectivity index (χ1v) is 6.57.